The number of anilines is 2. The summed E-state index contributed by atoms with van der Waals surface area (Å²) < 4.78 is 0. The fourth-order valence-electron chi connectivity index (χ4n) is 2.62. The van der Waals surface area contributed by atoms with Gasteiger partial charge in [0, 0.05) is 61.9 Å². The van der Waals surface area contributed by atoms with Gasteiger partial charge in [0.25, 0.3) is 0 Å². The summed E-state index contributed by atoms with van der Waals surface area (Å²) in [6.45, 7) is 7.00. The summed E-state index contributed by atoms with van der Waals surface area (Å²) >= 11 is 0. The molecule has 0 spiro atoms. The van der Waals surface area contributed by atoms with E-state index in [1.165, 1.54) is 11.3 Å². The van der Waals surface area contributed by atoms with Crippen LogP contribution in [-0.2, 0) is 0 Å². The molecule has 0 bridgehead atoms. The predicted octanol–water partition coefficient (Wildman–Crippen LogP) is 1.98. The first-order valence-electron chi connectivity index (χ1n) is 7.49. The monoisotopic (exact) mass is 283 g/mol. The molecular formula is C16H21N5. The largest absolute Gasteiger partial charge is 0.368 e. The fraction of sp³-hybridized carbons (Fsp3) is 0.375. The summed E-state index contributed by atoms with van der Waals surface area (Å²) in [4.78, 5) is 11.2. The van der Waals surface area contributed by atoms with Crippen LogP contribution in [0.15, 0.2) is 36.7 Å². The molecule has 5 heteroatoms. The van der Waals surface area contributed by atoms with Crippen LogP contribution in [0, 0.1) is 0 Å². The van der Waals surface area contributed by atoms with Gasteiger partial charge in [0.1, 0.15) is 0 Å². The summed E-state index contributed by atoms with van der Waals surface area (Å²) in [5, 5.41) is 6.51. The standard InChI is InChI=1S/C16H21N5/c1-2-18-16-19-11-13(12-20-16)14-5-3-4-6-15(14)21-9-7-17-8-10-21/h3-6,11-12,17H,2,7-10H2,1H3,(H,18,19,20). The maximum atomic E-state index is 4.38. The molecule has 3 rings (SSSR count). The third kappa shape index (κ3) is 3.13. The van der Waals surface area contributed by atoms with E-state index in [0.29, 0.717) is 5.95 Å². The van der Waals surface area contributed by atoms with Gasteiger partial charge in [0.15, 0.2) is 0 Å². The lowest BCUT2D eigenvalue weighted by Crippen LogP contribution is -2.43. The van der Waals surface area contributed by atoms with E-state index in [1.54, 1.807) is 0 Å². The molecule has 0 aliphatic carbocycles. The maximum absolute atomic E-state index is 4.38. The van der Waals surface area contributed by atoms with E-state index >= 15 is 0 Å². The number of benzene rings is 1. The van der Waals surface area contributed by atoms with Gasteiger partial charge >= 0.3 is 0 Å². The Balaban J connectivity index is 1.90. The van der Waals surface area contributed by atoms with E-state index in [1.807, 2.05) is 19.3 Å². The highest BCUT2D eigenvalue weighted by Crippen LogP contribution is 2.30. The van der Waals surface area contributed by atoms with Crippen molar-refractivity contribution in [2.45, 2.75) is 6.92 Å². The Morgan fingerprint density at radius 2 is 1.86 bits per heavy atom. The molecule has 2 aromatic rings. The van der Waals surface area contributed by atoms with Crippen LogP contribution < -0.4 is 15.5 Å². The van der Waals surface area contributed by atoms with Crippen LogP contribution in [-0.4, -0.2) is 42.7 Å². The number of aromatic nitrogens is 2. The van der Waals surface area contributed by atoms with Crippen molar-refractivity contribution in [3.05, 3.63) is 36.7 Å². The summed E-state index contributed by atoms with van der Waals surface area (Å²) in [6.07, 6.45) is 3.79. The molecular weight excluding hydrogens is 262 g/mol. The molecule has 2 N–H and O–H groups in total. The Morgan fingerprint density at radius 1 is 1.14 bits per heavy atom. The smallest absolute Gasteiger partial charge is 0.222 e. The molecule has 1 aromatic heterocycles. The molecule has 0 atom stereocenters. The number of hydrogen-bond donors (Lipinski definition) is 2. The third-order valence-corrected chi connectivity index (χ3v) is 3.66. The number of nitrogens with zero attached hydrogens (tertiary/aromatic N) is 3. The minimum Gasteiger partial charge on any atom is -0.368 e. The van der Waals surface area contributed by atoms with Gasteiger partial charge < -0.3 is 15.5 Å². The lowest BCUT2D eigenvalue weighted by Gasteiger charge is -2.31. The zero-order valence-electron chi connectivity index (χ0n) is 12.3. The minimum absolute atomic E-state index is 0.681. The normalized spacial score (nSPS) is 15.0. The summed E-state index contributed by atoms with van der Waals surface area (Å²) in [6, 6.07) is 8.48. The van der Waals surface area contributed by atoms with Crippen molar-refractivity contribution >= 4 is 11.6 Å². The van der Waals surface area contributed by atoms with E-state index in [-0.39, 0.29) is 0 Å². The van der Waals surface area contributed by atoms with E-state index in [0.717, 1.165) is 38.3 Å². The van der Waals surface area contributed by atoms with Crippen molar-refractivity contribution in [1.29, 1.82) is 0 Å². The Hall–Kier alpha value is -2.14. The van der Waals surface area contributed by atoms with Gasteiger partial charge in [-0.05, 0) is 13.0 Å². The van der Waals surface area contributed by atoms with E-state index < -0.39 is 0 Å². The molecule has 0 amide bonds. The quantitative estimate of drug-likeness (QED) is 0.898. The number of para-hydroxylation sites is 1. The average Bonchev–Trinajstić information content (AvgIpc) is 2.57. The molecule has 0 unspecified atom stereocenters. The van der Waals surface area contributed by atoms with Crippen LogP contribution in [0.2, 0.25) is 0 Å². The second kappa shape index (κ2) is 6.54. The highest BCUT2D eigenvalue weighted by molar-refractivity contribution is 5.78. The van der Waals surface area contributed by atoms with Crippen molar-refractivity contribution < 1.29 is 0 Å². The lowest BCUT2D eigenvalue weighted by molar-refractivity contribution is 0.589. The molecule has 21 heavy (non-hydrogen) atoms. The average molecular weight is 283 g/mol. The van der Waals surface area contributed by atoms with Gasteiger partial charge in [-0.3, -0.25) is 0 Å². The molecule has 1 saturated heterocycles. The van der Waals surface area contributed by atoms with E-state index in [2.05, 4.69) is 49.8 Å². The Kier molecular flexibility index (Phi) is 4.31. The first kappa shape index (κ1) is 13.8. The topological polar surface area (TPSA) is 53.1 Å². The molecule has 1 aliphatic heterocycles. The molecule has 1 aliphatic rings. The Morgan fingerprint density at radius 3 is 2.57 bits per heavy atom. The van der Waals surface area contributed by atoms with Crippen LogP contribution in [0.4, 0.5) is 11.6 Å². The van der Waals surface area contributed by atoms with Gasteiger partial charge in [-0.25, -0.2) is 9.97 Å². The van der Waals surface area contributed by atoms with Gasteiger partial charge in [-0.15, -0.1) is 0 Å². The number of hydrogen-bond acceptors (Lipinski definition) is 5. The Bertz CT molecular complexity index is 575. The van der Waals surface area contributed by atoms with Crippen molar-refractivity contribution in [2.24, 2.45) is 0 Å². The van der Waals surface area contributed by atoms with Crippen LogP contribution in [0.25, 0.3) is 11.1 Å². The van der Waals surface area contributed by atoms with Crippen molar-refractivity contribution in [3.63, 3.8) is 0 Å². The molecule has 0 saturated carbocycles. The summed E-state index contributed by atoms with van der Waals surface area (Å²) in [5.74, 6) is 0.681. The minimum atomic E-state index is 0.681. The van der Waals surface area contributed by atoms with Gasteiger partial charge in [0.2, 0.25) is 5.95 Å². The lowest BCUT2D eigenvalue weighted by atomic mass is 10.1. The SMILES string of the molecule is CCNc1ncc(-c2ccccc2N2CCNCC2)cn1. The van der Waals surface area contributed by atoms with Gasteiger partial charge in [-0.1, -0.05) is 18.2 Å². The van der Waals surface area contributed by atoms with Crippen molar-refractivity contribution in [1.82, 2.24) is 15.3 Å². The van der Waals surface area contributed by atoms with Crippen molar-refractivity contribution in [2.75, 3.05) is 42.9 Å². The van der Waals surface area contributed by atoms with E-state index in [4.69, 9.17) is 0 Å². The number of nitrogens with one attached hydrogen (secondary N) is 2. The first-order chi connectivity index (χ1) is 10.4. The predicted molar refractivity (Wildman–Crippen MR) is 86.7 cm³/mol. The number of piperazine rings is 1. The van der Waals surface area contributed by atoms with Gasteiger partial charge in [0.05, 0.1) is 0 Å². The second-order valence-electron chi connectivity index (χ2n) is 5.08. The molecule has 110 valence electrons. The molecule has 1 fully saturated rings. The maximum Gasteiger partial charge on any atom is 0.222 e. The Labute approximate surface area is 125 Å². The van der Waals surface area contributed by atoms with Crippen LogP contribution in [0.5, 0.6) is 0 Å². The van der Waals surface area contributed by atoms with Crippen LogP contribution >= 0.6 is 0 Å². The second-order valence-corrected chi connectivity index (χ2v) is 5.08. The number of rotatable bonds is 4. The molecule has 1 aromatic carbocycles. The first-order valence-corrected chi connectivity index (χ1v) is 7.49. The fourth-order valence-corrected chi connectivity index (χ4v) is 2.62. The summed E-state index contributed by atoms with van der Waals surface area (Å²) in [5.41, 5.74) is 3.52. The summed E-state index contributed by atoms with van der Waals surface area (Å²) in [7, 11) is 0. The zero-order chi connectivity index (χ0) is 14.5. The third-order valence-electron chi connectivity index (χ3n) is 3.66. The van der Waals surface area contributed by atoms with Gasteiger partial charge in [-0.2, -0.15) is 0 Å². The van der Waals surface area contributed by atoms with Crippen molar-refractivity contribution in [3.8, 4) is 11.1 Å². The highest BCUT2D eigenvalue weighted by Gasteiger charge is 2.15. The zero-order valence-corrected chi connectivity index (χ0v) is 12.3. The molecule has 5 nitrogen and oxygen atoms in total. The van der Waals surface area contributed by atoms with Crippen LogP contribution in [0.1, 0.15) is 6.92 Å². The van der Waals surface area contributed by atoms with E-state index in [9.17, 15) is 0 Å². The molecule has 2 heterocycles. The highest BCUT2D eigenvalue weighted by atomic mass is 15.2. The molecule has 0 radical (unpaired) electrons. The van der Waals surface area contributed by atoms with Crippen LogP contribution in [0.3, 0.4) is 0 Å².